The molecule has 1 aliphatic heterocycles. The Labute approximate surface area is 176 Å². The van der Waals surface area contributed by atoms with Crippen LogP contribution in [0.5, 0.6) is 5.75 Å². The molecule has 7 heteroatoms. The maximum Gasteiger partial charge on any atom is 0.258 e. The van der Waals surface area contributed by atoms with Crippen LogP contribution in [0.3, 0.4) is 0 Å². The first-order chi connectivity index (χ1) is 13.5. The maximum absolute atomic E-state index is 14.3. The lowest BCUT2D eigenvalue weighted by molar-refractivity contribution is -0.123. The van der Waals surface area contributed by atoms with E-state index in [1.807, 2.05) is 32.0 Å². The van der Waals surface area contributed by atoms with Gasteiger partial charge in [-0.3, -0.25) is 9.69 Å². The molecule has 0 saturated carbocycles. The summed E-state index contributed by atoms with van der Waals surface area (Å²) in [5.41, 5.74) is 2.50. The number of aryl methyl sites for hydroxylation is 1. The molecule has 1 saturated heterocycles. The third kappa shape index (κ3) is 5.90. The van der Waals surface area contributed by atoms with Gasteiger partial charge >= 0.3 is 0 Å². The smallest absolute Gasteiger partial charge is 0.258 e. The summed E-state index contributed by atoms with van der Waals surface area (Å²) in [6.07, 6.45) is 2.06. The second-order valence-electron chi connectivity index (χ2n) is 7.22. The fourth-order valence-corrected chi connectivity index (χ4v) is 3.55. The molecule has 0 bridgehead atoms. The molecule has 0 spiro atoms. The number of benzene rings is 2. The Balaban J connectivity index is 0.00000300. The summed E-state index contributed by atoms with van der Waals surface area (Å²) in [5, 5.41) is 2.84. The van der Waals surface area contributed by atoms with Gasteiger partial charge in [-0.1, -0.05) is 18.2 Å². The van der Waals surface area contributed by atoms with E-state index < -0.39 is 11.6 Å². The molecule has 1 aliphatic rings. The highest BCUT2D eigenvalue weighted by Crippen LogP contribution is 2.27. The predicted octanol–water partition coefficient (Wildman–Crippen LogP) is 4.34. The van der Waals surface area contributed by atoms with Crippen molar-refractivity contribution in [2.45, 2.75) is 32.7 Å². The van der Waals surface area contributed by atoms with E-state index in [0.29, 0.717) is 11.3 Å². The van der Waals surface area contributed by atoms with Gasteiger partial charge in [0.2, 0.25) is 0 Å². The molecule has 1 heterocycles. The first-order valence-corrected chi connectivity index (χ1v) is 9.60. The molecule has 1 amide bonds. The third-order valence-electron chi connectivity index (χ3n) is 5.31. The van der Waals surface area contributed by atoms with Gasteiger partial charge in [-0.2, -0.15) is 0 Å². The number of carbonyl (C=O) groups is 1. The second kappa shape index (κ2) is 10.6. The Morgan fingerprint density at radius 3 is 2.59 bits per heavy atom. The highest BCUT2D eigenvalue weighted by molar-refractivity contribution is 5.85. The summed E-state index contributed by atoms with van der Waals surface area (Å²) >= 11 is 0. The SMILES string of the molecule is Cc1cccc(OCC(=O)NCC(c2ccc(F)cc2F)N2CCCC2)c1C.Cl. The molecule has 0 aromatic heterocycles. The number of likely N-dealkylation sites (tertiary alicyclic amines) is 1. The highest BCUT2D eigenvalue weighted by atomic mass is 35.5. The largest absolute Gasteiger partial charge is 0.483 e. The topological polar surface area (TPSA) is 41.6 Å². The van der Waals surface area contributed by atoms with E-state index >= 15 is 0 Å². The average molecular weight is 425 g/mol. The van der Waals surface area contributed by atoms with E-state index in [1.54, 1.807) is 0 Å². The molecule has 3 rings (SSSR count). The molecule has 1 atom stereocenters. The first kappa shape index (κ1) is 23.1. The number of halogens is 3. The zero-order valence-electron chi connectivity index (χ0n) is 16.7. The summed E-state index contributed by atoms with van der Waals surface area (Å²) in [6, 6.07) is 8.99. The fraction of sp³-hybridized carbons (Fsp3) is 0.409. The number of hydrogen-bond donors (Lipinski definition) is 1. The highest BCUT2D eigenvalue weighted by Gasteiger charge is 2.26. The number of hydrogen-bond acceptors (Lipinski definition) is 3. The van der Waals surface area contributed by atoms with Gasteiger partial charge in [0.15, 0.2) is 6.61 Å². The van der Waals surface area contributed by atoms with Gasteiger partial charge in [0.05, 0.1) is 6.04 Å². The quantitative estimate of drug-likeness (QED) is 0.719. The van der Waals surface area contributed by atoms with Crippen LogP contribution in [0.2, 0.25) is 0 Å². The molecule has 2 aromatic rings. The number of carbonyl (C=O) groups excluding carboxylic acids is 1. The van der Waals surface area contributed by atoms with Gasteiger partial charge in [-0.25, -0.2) is 8.78 Å². The van der Waals surface area contributed by atoms with Crippen molar-refractivity contribution >= 4 is 18.3 Å². The van der Waals surface area contributed by atoms with Gasteiger partial charge in [-0.05, 0) is 63.0 Å². The molecule has 0 aliphatic carbocycles. The summed E-state index contributed by atoms with van der Waals surface area (Å²) in [5.74, 6) is -0.784. The van der Waals surface area contributed by atoms with Crippen LogP contribution in [-0.2, 0) is 4.79 Å². The number of rotatable bonds is 7. The first-order valence-electron chi connectivity index (χ1n) is 9.60. The Hall–Kier alpha value is -2.18. The normalized spacial score (nSPS) is 14.9. The number of nitrogens with one attached hydrogen (secondary N) is 1. The molecule has 4 nitrogen and oxygen atoms in total. The standard InChI is InChI=1S/C22H26F2N2O2.ClH/c1-15-6-5-7-21(16(15)2)28-14-22(27)25-13-20(26-10-3-4-11-26)18-9-8-17(23)12-19(18)24;/h5-9,12,20H,3-4,10-11,13-14H2,1-2H3,(H,25,27);1H. The van der Waals surface area contributed by atoms with Gasteiger partial charge in [0.1, 0.15) is 17.4 Å². The molecular weight excluding hydrogens is 398 g/mol. The molecule has 1 fully saturated rings. The van der Waals surface area contributed by atoms with E-state index in [9.17, 15) is 13.6 Å². The molecular formula is C22H27ClF2N2O2. The van der Waals surface area contributed by atoms with Crippen molar-refractivity contribution in [1.29, 1.82) is 0 Å². The van der Waals surface area contributed by atoms with Gasteiger partial charge < -0.3 is 10.1 Å². The molecule has 0 radical (unpaired) electrons. The average Bonchev–Trinajstić information content (AvgIpc) is 3.19. The minimum absolute atomic E-state index is 0. The van der Waals surface area contributed by atoms with Crippen LogP contribution < -0.4 is 10.1 Å². The van der Waals surface area contributed by atoms with Crippen LogP contribution in [0.15, 0.2) is 36.4 Å². The Morgan fingerprint density at radius 2 is 1.90 bits per heavy atom. The monoisotopic (exact) mass is 424 g/mol. The van der Waals surface area contributed by atoms with Crippen LogP contribution in [0.25, 0.3) is 0 Å². The zero-order valence-corrected chi connectivity index (χ0v) is 17.5. The molecule has 1 unspecified atom stereocenters. The lowest BCUT2D eigenvalue weighted by Crippen LogP contribution is -2.39. The summed E-state index contributed by atoms with van der Waals surface area (Å²) in [7, 11) is 0. The van der Waals surface area contributed by atoms with Crippen molar-refractivity contribution < 1.29 is 18.3 Å². The third-order valence-corrected chi connectivity index (χ3v) is 5.31. The number of nitrogens with zero attached hydrogens (tertiary/aromatic N) is 1. The number of ether oxygens (including phenoxy) is 1. The second-order valence-corrected chi connectivity index (χ2v) is 7.22. The molecule has 29 heavy (non-hydrogen) atoms. The van der Waals surface area contributed by atoms with Crippen LogP contribution in [-0.4, -0.2) is 37.0 Å². The van der Waals surface area contributed by atoms with Crippen molar-refractivity contribution in [2.24, 2.45) is 0 Å². The van der Waals surface area contributed by atoms with Crippen molar-refractivity contribution in [2.75, 3.05) is 26.2 Å². The summed E-state index contributed by atoms with van der Waals surface area (Å²) in [6.45, 7) is 5.73. The Kier molecular flexibility index (Phi) is 8.41. The summed E-state index contributed by atoms with van der Waals surface area (Å²) in [4.78, 5) is 14.4. The van der Waals surface area contributed by atoms with E-state index in [4.69, 9.17) is 4.74 Å². The summed E-state index contributed by atoms with van der Waals surface area (Å²) < 4.78 is 33.2. The Bertz CT molecular complexity index is 842. The minimum Gasteiger partial charge on any atom is -0.483 e. The van der Waals surface area contributed by atoms with E-state index in [1.165, 1.54) is 12.1 Å². The van der Waals surface area contributed by atoms with Gasteiger partial charge in [-0.15, -0.1) is 12.4 Å². The van der Waals surface area contributed by atoms with Crippen molar-refractivity contribution in [1.82, 2.24) is 10.2 Å². The number of amides is 1. The van der Waals surface area contributed by atoms with Crippen LogP contribution in [0.4, 0.5) is 8.78 Å². The lowest BCUT2D eigenvalue weighted by Gasteiger charge is -2.28. The van der Waals surface area contributed by atoms with E-state index in [-0.39, 0.29) is 37.5 Å². The predicted molar refractivity (Wildman–Crippen MR) is 112 cm³/mol. The van der Waals surface area contributed by atoms with Gasteiger partial charge in [0.25, 0.3) is 5.91 Å². The minimum atomic E-state index is -0.604. The van der Waals surface area contributed by atoms with Crippen molar-refractivity contribution in [3.63, 3.8) is 0 Å². The molecule has 1 N–H and O–H groups in total. The van der Waals surface area contributed by atoms with Gasteiger partial charge in [0, 0.05) is 18.2 Å². The molecule has 2 aromatic carbocycles. The zero-order chi connectivity index (χ0) is 20.1. The molecule has 158 valence electrons. The van der Waals surface area contributed by atoms with Crippen LogP contribution in [0, 0.1) is 25.5 Å². The van der Waals surface area contributed by atoms with Crippen molar-refractivity contribution in [3.05, 3.63) is 64.7 Å². The lowest BCUT2D eigenvalue weighted by atomic mass is 10.0. The van der Waals surface area contributed by atoms with Crippen molar-refractivity contribution in [3.8, 4) is 5.75 Å². The van der Waals surface area contributed by atoms with E-state index in [0.717, 1.165) is 43.1 Å². The maximum atomic E-state index is 14.3. The van der Waals surface area contributed by atoms with Crippen LogP contribution in [0.1, 0.15) is 35.6 Å². The van der Waals surface area contributed by atoms with Crippen LogP contribution >= 0.6 is 12.4 Å². The fourth-order valence-electron chi connectivity index (χ4n) is 3.55. The Morgan fingerprint density at radius 1 is 1.17 bits per heavy atom. The van der Waals surface area contributed by atoms with E-state index in [2.05, 4.69) is 10.2 Å².